The van der Waals surface area contributed by atoms with Gasteiger partial charge in [0.15, 0.2) is 12.0 Å². The molecule has 0 aliphatic carbocycles. The van der Waals surface area contributed by atoms with Crippen LogP contribution >= 0.6 is 11.6 Å². The molecule has 0 aliphatic heterocycles. The van der Waals surface area contributed by atoms with Crippen molar-refractivity contribution in [1.29, 1.82) is 0 Å². The molecule has 0 unspecified atom stereocenters. The van der Waals surface area contributed by atoms with E-state index in [4.69, 9.17) is 11.6 Å². The Kier molecular flexibility index (Phi) is 2.56. The third-order valence-corrected chi connectivity index (χ3v) is 2.34. The smallest absolute Gasteiger partial charge is 0.226 e. The first-order valence-electron chi connectivity index (χ1n) is 4.33. The average Bonchev–Trinajstić information content (AvgIpc) is 2.23. The molecule has 0 saturated heterocycles. The summed E-state index contributed by atoms with van der Waals surface area (Å²) in [6, 6.07) is 9.36. The Morgan fingerprint density at radius 3 is 2.67 bits per heavy atom. The number of aromatic nitrogens is 1. The fourth-order valence-corrected chi connectivity index (χ4v) is 1.51. The van der Waals surface area contributed by atoms with Gasteiger partial charge in [-0.1, -0.05) is 17.7 Å². The predicted octanol–water partition coefficient (Wildman–Crippen LogP) is 2.78. The molecule has 0 atom stereocenters. The number of hydrogen-bond donors (Lipinski definition) is 0. The van der Waals surface area contributed by atoms with E-state index in [-0.39, 0.29) is 16.3 Å². The first-order valence-corrected chi connectivity index (χ1v) is 4.70. The van der Waals surface area contributed by atoms with Crippen molar-refractivity contribution in [3.8, 4) is 11.3 Å². The predicted molar refractivity (Wildman–Crippen MR) is 55.8 cm³/mol. The highest BCUT2D eigenvalue weighted by atomic mass is 35.5. The third kappa shape index (κ3) is 1.78. The maximum atomic E-state index is 13.6. The van der Waals surface area contributed by atoms with Gasteiger partial charge in [0.05, 0.1) is 10.6 Å². The molecule has 1 aromatic carbocycles. The fourth-order valence-electron chi connectivity index (χ4n) is 1.34. The van der Waals surface area contributed by atoms with Gasteiger partial charge >= 0.3 is 0 Å². The molecule has 0 radical (unpaired) electrons. The van der Waals surface area contributed by atoms with Crippen molar-refractivity contribution in [3.05, 3.63) is 58.6 Å². The molecule has 0 N–H and O–H groups in total. The highest BCUT2D eigenvalue weighted by Gasteiger charge is 2.14. The van der Waals surface area contributed by atoms with Gasteiger partial charge in [-0.15, -0.1) is 0 Å². The van der Waals surface area contributed by atoms with E-state index >= 15 is 0 Å². The van der Waals surface area contributed by atoms with Crippen LogP contribution < -0.4 is 4.73 Å². The second-order valence-corrected chi connectivity index (χ2v) is 3.42. The molecule has 0 bridgehead atoms. The minimum Gasteiger partial charge on any atom is -0.618 e. The van der Waals surface area contributed by atoms with Gasteiger partial charge < -0.3 is 5.21 Å². The maximum Gasteiger partial charge on any atom is 0.226 e. The van der Waals surface area contributed by atoms with Gasteiger partial charge in [-0.25, -0.2) is 4.39 Å². The minimum absolute atomic E-state index is 0.0105. The molecule has 2 rings (SSSR count). The van der Waals surface area contributed by atoms with Crippen LogP contribution in [-0.2, 0) is 0 Å². The van der Waals surface area contributed by atoms with E-state index in [0.29, 0.717) is 4.73 Å². The van der Waals surface area contributed by atoms with Crippen LogP contribution in [0.5, 0.6) is 0 Å². The quantitative estimate of drug-likeness (QED) is 0.540. The average molecular weight is 224 g/mol. The van der Waals surface area contributed by atoms with Crippen molar-refractivity contribution in [1.82, 2.24) is 0 Å². The first-order chi connectivity index (χ1) is 7.20. The van der Waals surface area contributed by atoms with Crippen molar-refractivity contribution < 1.29 is 9.12 Å². The van der Waals surface area contributed by atoms with Gasteiger partial charge in [0.1, 0.15) is 0 Å². The minimum atomic E-state index is -0.574. The number of pyridine rings is 1. The molecule has 1 aromatic heterocycles. The number of rotatable bonds is 1. The molecular weight excluding hydrogens is 217 g/mol. The number of benzene rings is 1. The van der Waals surface area contributed by atoms with Crippen molar-refractivity contribution in [2.75, 3.05) is 0 Å². The summed E-state index contributed by atoms with van der Waals surface area (Å²) in [6.07, 6.45) is 1.32. The van der Waals surface area contributed by atoms with Crippen LogP contribution in [0.25, 0.3) is 11.3 Å². The topological polar surface area (TPSA) is 26.9 Å². The lowest BCUT2D eigenvalue weighted by Gasteiger charge is -2.05. The van der Waals surface area contributed by atoms with E-state index in [0.717, 1.165) is 0 Å². The highest BCUT2D eigenvalue weighted by Crippen LogP contribution is 2.24. The Labute approximate surface area is 91.1 Å². The van der Waals surface area contributed by atoms with E-state index in [1.807, 2.05) is 0 Å². The molecule has 1 heterocycles. The van der Waals surface area contributed by atoms with Crippen LogP contribution in [0.15, 0.2) is 42.6 Å². The van der Waals surface area contributed by atoms with Gasteiger partial charge in [0.25, 0.3) is 0 Å². The Morgan fingerprint density at radius 2 is 1.93 bits per heavy atom. The van der Waals surface area contributed by atoms with E-state index < -0.39 is 5.82 Å². The molecular formula is C11H7ClFNO. The van der Waals surface area contributed by atoms with Gasteiger partial charge in [0, 0.05) is 12.1 Å². The van der Waals surface area contributed by atoms with Crippen LogP contribution in [0, 0.1) is 11.0 Å². The van der Waals surface area contributed by atoms with Crippen LogP contribution in [0.4, 0.5) is 4.39 Å². The molecule has 0 spiro atoms. The molecule has 0 aliphatic rings. The van der Waals surface area contributed by atoms with Crippen LogP contribution in [0.1, 0.15) is 0 Å². The van der Waals surface area contributed by atoms with E-state index in [9.17, 15) is 9.60 Å². The summed E-state index contributed by atoms with van der Waals surface area (Å²) in [5, 5.41) is 11.4. The van der Waals surface area contributed by atoms with Crippen molar-refractivity contribution in [2.45, 2.75) is 0 Å². The lowest BCUT2D eigenvalue weighted by molar-refractivity contribution is -0.593. The number of hydrogen-bond acceptors (Lipinski definition) is 1. The maximum absolute atomic E-state index is 13.6. The van der Waals surface area contributed by atoms with Gasteiger partial charge in [-0.3, -0.25) is 0 Å². The van der Waals surface area contributed by atoms with E-state index in [1.165, 1.54) is 18.3 Å². The summed E-state index contributed by atoms with van der Waals surface area (Å²) in [5.74, 6) is -0.574. The number of halogens is 2. The number of nitrogens with zero attached hydrogens (tertiary/aromatic N) is 1. The van der Waals surface area contributed by atoms with Gasteiger partial charge in [0.2, 0.25) is 5.69 Å². The summed E-state index contributed by atoms with van der Waals surface area (Å²) in [5.41, 5.74) is 0.454. The molecule has 76 valence electrons. The molecule has 0 fully saturated rings. The molecule has 2 aromatic rings. The Morgan fingerprint density at radius 1 is 1.13 bits per heavy atom. The first kappa shape index (κ1) is 9.93. The molecule has 4 heteroatoms. The van der Waals surface area contributed by atoms with Gasteiger partial charge in [-0.2, -0.15) is 4.73 Å². The fraction of sp³-hybridized carbons (Fsp3) is 0. The normalized spacial score (nSPS) is 10.3. The van der Waals surface area contributed by atoms with E-state index in [1.54, 1.807) is 24.3 Å². The molecule has 0 saturated carbocycles. The summed E-state index contributed by atoms with van der Waals surface area (Å²) in [4.78, 5) is 0. The van der Waals surface area contributed by atoms with Crippen molar-refractivity contribution >= 4 is 11.6 Å². The SMILES string of the molecule is [O-][n+]1ccccc1-c1cccc(Cl)c1F. The van der Waals surface area contributed by atoms with Crippen molar-refractivity contribution in [3.63, 3.8) is 0 Å². The zero-order valence-corrected chi connectivity index (χ0v) is 8.41. The second-order valence-electron chi connectivity index (χ2n) is 3.01. The van der Waals surface area contributed by atoms with E-state index in [2.05, 4.69) is 0 Å². The van der Waals surface area contributed by atoms with Gasteiger partial charge in [-0.05, 0) is 18.2 Å². The van der Waals surface area contributed by atoms with Crippen LogP contribution in [0.2, 0.25) is 5.02 Å². The molecule has 2 nitrogen and oxygen atoms in total. The summed E-state index contributed by atoms with van der Waals surface area (Å²) < 4.78 is 14.2. The largest absolute Gasteiger partial charge is 0.618 e. The highest BCUT2D eigenvalue weighted by molar-refractivity contribution is 6.31. The zero-order valence-electron chi connectivity index (χ0n) is 7.65. The Hall–Kier alpha value is -1.61. The van der Waals surface area contributed by atoms with Crippen LogP contribution in [-0.4, -0.2) is 0 Å². The summed E-state index contributed by atoms with van der Waals surface area (Å²) in [7, 11) is 0. The standard InChI is InChI=1S/C11H7ClFNO/c12-9-5-3-4-8(11(9)13)10-6-1-2-7-14(10)15/h1-7H. The molecule has 0 amide bonds. The van der Waals surface area contributed by atoms with Crippen LogP contribution in [0.3, 0.4) is 0 Å². The zero-order chi connectivity index (χ0) is 10.8. The lowest BCUT2D eigenvalue weighted by atomic mass is 10.1. The third-order valence-electron chi connectivity index (χ3n) is 2.05. The molecule has 15 heavy (non-hydrogen) atoms. The second kappa shape index (κ2) is 3.87. The Bertz CT molecular complexity index is 502. The summed E-state index contributed by atoms with van der Waals surface area (Å²) >= 11 is 5.63. The Balaban J connectivity index is 2.65. The lowest BCUT2D eigenvalue weighted by Crippen LogP contribution is -2.28. The summed E-state index contributed by atoms with van der Waals surface area (Å²) in [6.45, 7) is 0. The monoisotopic (exact) mass is 223 g/mol. The van der Waals surface area contributed by atoms with Crippen molar-refractivity contribution in [2.24, 2.45) is 0 Å².